The molecule has 0 radical (unpaired) electrons. The SMILES string of the molecule is CNc1nc(Nc2cccc(Br)c2)c2cc(C)sc2n1. The van der Waals surface area contributed by atoms with Crippen LogP contribution in [0.3, 0.4) is 0 Å². The highest BCUT2D eigenvalue weighted by Crippen LogP contribution is 2.31. The number of anilines is 3. The summed E-state index contributed by atoms with van der Waals surface area (Å²) in [7, 11) is 1.82. The van der Waals surface area contributed by atoms with Gasteiger partial charge in [0.05, 0.1) is 5.39 Å². The van der Waals surface area contributed by atoms with Crippen molar-refractivity contribution in [2.45, 2.75) is 6.92 Å². The van der Waals surface area contributed by atoms with Gasteiger partial charge in [0.1, 0.15) is 10.6 Å². The van der Waals surface area contributed by atoms with Crippen LogP contribution in [0.25, 0.3) is 10.2 Å². The highest BCUT2D eigenvalue weighted by atomic mass is 79.9. The van der Waals surface area contributed by atoms with Crippen molar-refractivity contribution in [3.8, 4) is 0 Å². The van der Waals surface area contributed by atoms with Gasteiger partial charge in [-0.25, -0.2) is 4.98 Å². The van der Waals surface area contributed by atoms with E-state index >= 15 is 0 Å². The molecule has 0 aliphatic heterocycles. The molecule has 6 heteroatoms. The third-order valence-electron chi connectivity index (χ3n) is 2.83. The molecule has 4 nitrogen and oxygen atoms in total. The summed E-state index contributed by atoms with van der Waals surface area (Å²) in [5.41, 5.74) is 0.991. The highest BCUT2D eigenvalue weighted by Gasteiger charge is 2.10. The maximum Gasteiger partial charge on any atom is 0.225 e. The molecule has 0 saturated heterocycles. The molecule has 102 valence electrons. The van der Waals surface area contributed by atoms with Crippen LogP contribution in [0.4, 0.5) is 17.5 Å². The van der Waals surface area contributed by atoms with Gasteiger partial charge < -0.3 is 10.6 Å². The van der Waals surface area contributed by atoms with E-state index in [4.69, 9.17) is 0 Å². The first-order chi connectivity index (χ1) is 9.65. The standard InChI is InChI=1S/C14H13BrN4S/c1-8-6-11-12(17-10-5-3-4-9(15)7-10)18-14(16-2)19-13(11)20-8/h3-7H,1-2H3,(H2,16,17,18,19). The van der Waals surface area contributed by atoms with Gasteiger partial charge in [-0.3, -0.25) is 0 Å². The molecule has 0 fully saturated rings. The Morgan fingerprint density at radius 1 is 1.20 bits per heavy atom. The second-order valence-corrected chi connectivity index (χ2v) is 6.51. The fourth-order valence-corrected chi connectivity index (χ4v) is 3.23. The Labute approximate surface area is 129 Å². The number of fused-ring (bicyclic) bond motifs is 1. The first-order valence-electron chi connectivity index (χ1n) is 6.14. The number of hydrogen-bond donors (Lipinski definition) is 2. The van der Waals surface area contributed by atoms with Gasteiger partial charge in [-0.05, 0) is 31.2 Å². The summed E-state index contributed by atoms with van der Waals surface area (Å²) in [5.74, 6) is 1.44. The first kappa shape index (κ1) is 13.3. The molecule has 3 rings (SSSR count). The number of nitrogens with one attached hydrogen (secondary N) is 2. The molecule has 0 atom stereocenters. The van der Waals surface area contributed by atoms with E-state index in [-0.39, 0.29) is 0 Å². The van der Waals surface area contributed by atoms with Gasteiger partial charge in [0.15, 0.2) is 0 Å². The molecule has 0 amide bonds. The lowest BCUT2D eigenvalue weighted by Gasteiger charge is -2.08. The van der Waals surface area contributed by atoms with E-state index in [1.807, 2.05) is 31.3 Å². The third kappa shape index (κ3) is 2.62. The van der Waals surface area contributed by atoms with Crippen LogP contribution in [0, 0.1) is 6.92 Å². The van der Waals surface area contributed by atoms with Crippen LogP contribution in [0.15, 0.2) is 34.8 Å². The van der Waals surface area contributed by atoms with Crippen LogP contribution in [-0.4, -0.2) is 17.0 Å². The number of benzene rings is 1. The molecule has 2 aromatic heterocycles. The molecule has 0 aliphatic carbocycles. The van der Waals surface area contributed by atoms with Crippen molar-refractivity contribution in [3.05, 3.63) is 39.7 Å². The van der Waals surface area contributed by atoms with Gasteiger partial charge >= 0.3 is 0 Å². The lowest BCUT2D eigenvalue weighted by Crippen LogP contribution is -2.00. The molecule has 1 aromatic carbocycles. The molecule has 2 heterocycles. The average molecular weight is 349 g/mol. The maximum atomic E-state index is 4.52. The number of hydrogen-bond acceptors (Lipinski definition) is 5. The van der Waals surface area contributed by atoms with Gasteiger partial charge in [0.25, 0.3) is 0 Å². The lowest BCUT2D eigenvalue weighted by molar-refractivity contribution is 1.20. The van der Waals surface area contributed by atoms with Crippen molar-refractivity contribution in [2.24, 2.45) is 0 Å². The van der Waals surface area contributed by atoms with Crippen LogP contribution in [0.2, 0.25) is 0 Å². The van der Waals surface area contributed by atoms with E-state index in [9.17, 15) is 0 Å². The molecule has 0 bridgehead atoms. The zero-order chi connectivity index (χ0) is 14.1. The van der Waals surface area contributed by atoms with E-state index in [0.29, 0.717) is 5.95 Å². The molecule has 0 spiro atoms. The Morgan fingerprint density at radius 2 is 2.05 bits per heavy atom. The Balaban J connectivity index is 2.09. The topological polar surface area (TPSA) is 49.8 Å². The van der Waals surface area contributed by atoms with Gasteiger partial charge in [-0.2, -0.15) is 4.98 Å². The first-order valence-corrected chi connectivity index (χ1v) is 7.75. The summed E-state index contributed by atoms with van der Waals surface area (Å²) in [6.45, 7) is 2.08. The molecular formula is C14H13BrN4S. The predicted octanol–water partition coefficient (Wildman–Crippen LogP) is 4.55. The predicted molar refractivity (Wildman–Crippen MR) is 89.1 cm³/mol. The van der Waals surface area contributed by atoms with Crippen molar-refractivity contribution >= 4 is 54.9 Å². The molecule has 0 saturated carbocycles. The minimum absolute atomic E-state index is 0.622. The molecule has 3 aromatic rings. The highest BCUT2D eigenvalue weighted by molar-refractivity contribution is 9.10. The number of halogens is 1. The van der Waals surface area contributed by atoms with Crippen molar-refractivity contribution in [1.82, 2.24) is 9.97 Å². The van der Waals surface area contributed by atoms with Crippen molar-refractivity contribution in [3.63, 3.8) is 0 Å². The summed E-state index contributed by atoms with van der Waals surface area (Å²) in [6, 6.07) is 10.1. The van der Waals surface area contributed by atoms with Crippen LogP contribution >= 0.6 is 27.3 Å². The zero-order valence-electron chi connectivity index (χ0n) is 11.1. The maximum absolute atomic E-state index is 4.52. The number of rotatable bonds is 3. The second-order valence-electron chi connectivity index (χ2n) is 4.36. The monoisotopic (exact) mass is 348 g/mol. The van der Waals surface area contributed by atoms with E-state index in [1.54, 1.807) is 11.3 Å². The zero-order valence-corrected chi connectivity index (χ0v) is 13.5. The summed E-state index contributed by atoms with van der Waals surface area (Å²) in [4.78, 5) is 11.2. The van der Waals surface area contributed by atoms with Crippen LogP contribution < -0.4 is 10.6 Å². The van der Waals surface area contributed by atoms with Gasteiger partial charge in [-0.15, -0.1) is 11.3 Å². The fourth-order valence-electron chi connectivity index (χ4n) is 1.95. The van der Waals surface area contributed by atoms with E-state index in [0.717, 1.165) is 26.2 Å². The molecule has 0 unspecified atom stereocenters. The fraction of sp³-hybridized carbons (Fsp3) is 0.143. The summed E-state index contributed by atoms with van der Waals surface area (Å²) < 4.78 is 1.03. The van der Waals surface area contributed by atoms with E-state index in [2.05, 4.69) is 49.5 Å². The minimum atomic E-state index is 0.622. The van der Waals surface area contributed by atoms with Crippen molar-refractivity contribution in [1.29, 1.82) is 0 Å². The van der Waals surface area contributed by atoms with Gasteiger partial charge in [0, 0.05) is 22.1 Å². The normalized spacial score (nSPS) is 10.8. The molecule has 0 aliphatic rings. The second kappa shape index (κ2) is 5.38. The number of aromatic nitrogens is 2. The van der Waals surface area contributed by atoms with E-state index < -0.39 is 0 Å². The van der Waals surface area contributed by atoms with Gasteiger partial charge in [0.2, 0.25) is 5.95 Å². The number of nitrogens with zero attached hydrogens (tertiary/aromatic N) is 2. The van der Waals surface area contributed by atoms with Gasteiger partial charge in [-0.1, -0.05) is 22.0 Å². The Bertz CT molecular complexity index is 769. The molecule has 2 N–H and O–H groups in total. The molecule has 20 heavy (non-hydrogen) atoms. The summed E-state index contributed by atoms with van der Waals surface area (Å²) >= 11 is 5.14. The van der Waals surface area contributed by atoms with Crippen molar-refractivity contribution in [2.75, 3.05) is 17.7 Å². The quantitative estimate of drug-likeness (QED) is 0.729. The Kier molecular flexibility index (Phi) is 3.58. The van der Waals surface area contributed by atoms with Crippen LogP contribution in [-0.2, 0) is 0 Å². The molecular weight excluding hydrogens is 336 g/mol. The summed E-state index contributed by atoms with van der Waals surface area (Å²) in [5, 5.41) is 7.41. The third-order valence-corrected chi connectivity index (χ3v) is 4.26. The largest absolute Gasteiger partial charge is 0.357 e. The smallest absolute Gasteiger partial charge is 0.225 e. The van der Waals surface area contributed by atoms with Crippen LogP contribution in [0.5, 0.6) is 0 Å². The average Bonchev–Trinajstić information content (AvgIpc) is 2.79. The number of thiophene rings is 1. The lowest BCUT2D eigenvalue weighted by atomic mass is 10.3. The summed E-state index contributed by atoms with van der Waals surface area (Å²) in [6.07, 6.45) is 0. The van der Waals surface area contributed by atoms with E-state index in [1.165, 1.54) is 4.88 Å². The number of aryl methyl sites for hydroxylation is 1. The van der Waals surface area contributed by atoms with Crippen LogP contribution in [0.1, 0.15) is 4.88 Å². The van der Waals surface area contributed by atoms with Crippen molar-refractivity contribution < 1.29 is 0 Å². The Morgan fingerprint density at radius 3 is 2.80 bits per heavy atom. The minimum Gasteiger partial charge on any atom is -0.357 e. The Hall–Kier alpha value is -1.66.